The Balaban J connectivity index is 0. The monoisotopic (exact) mass is 329 g/mol. The fourth-order valence-corrected chi connectivity index (χ4v) is 3.67. The molecule has 2 fully saturated rings. The van der Waals surface area contributed by atoms with E-state index >= 15 is 0 Å². The van der Waals surface area contributed by atoms with Crippen molar-refractivity contribution in [2.75, 3.05) is 20.7 Å². The summed E-state index contributed by atoms with van der Waals surface area (Å²) in [5.74, 6) is 1.06. The zero-order valence-corrected chi connectivity index (χ0v) is 17.2. The molecule has 1 aliphatic heterocycles. The number of fused-ring (bicyclic) bond motifs is 1. The van der Waals surface area contributed by atoms with E-state index in [4.69, 9.17) is 5.11 Å². The molecule has 0 aromatic rings. The van der Waals surface area contributed by atoms with Gasteiger partial charge < -0.3 is 10.0 Å². The second kappa shape index (κ2) is 20.0. The van der Waals surface area contributed by atoms with Gasteiger partial charge in [0, 0.05) is 13.2 Å². The molecule has 2 aliphatic rings. The average molecular weight is 330 g/mol. The lowest BCUT2D eigenvalue weighted by Gasteiger charge is -2.22. The molecule has 1 aliphatic carbocycles. The van der Waals surface area contributed by atoms with Crippen LogP contribution in [0.2, 0.25) is 0 Å². The summed E-state index contributed by atoms with van der Waals surface area (Å²) in [7, 11) is 3.30. The van der Waals surface area contributed by atoms with Crippen molar-refractivity contribution in [3.05, 3.63) is 0 Å². The van der Waals surface area contributed by atoms with Crippen LogP contribution in [0.4, 0.5) is 0 Å². The molecule has 1 saturated carbocycles. The van der Waals surface area contributed by atoms with Crippen molar-refractivity contribution < 1.29 is 5.11 Å². The van der Waals surface area contributed by atoms with Gasteiger partial charge in [-0.15, -0.1) is 0 Å². The Bertz CT molecular complexity index is 202. The molecule has 2 rings (SSSR count). The smallest absolute Gasteiger partial charge is 0.0319 e. The molecule has 2 heteroatoms. The molecule has 0 spiro atoms. The van der Waals surface area contributed by atoms with E-state index in [9.17, 15) is 0 Å². The summed E-state index contributed by atoms with van der Waals surface area (Å²) in [6.45, 7) is 9.87. The topological polar surface area (TPSA) is 23.5 Å². The number of likely N-dealkylation sites (tertiary alicyclic amines) is 1. The van der Waals surface area contributed by atoms with Crippen molar-refractivity contribution in [1.29, 1.82) is 0 Å². The second-order valence-corrected chi connectivity index (χ2v) is 6.65. The number of hydrogen-bond acceptors (Lipinski definition) is 2. The minimum absolute atomic E-state index is 0.956. The van der Waals surface area contributed by atoms with Gasteiger partial charge in [0.1, 0.15) is 0 Å². The SMILES string of the molecule is CC.CCCCCCCC.CN1CCC2CCCCCC21.CO. The molecule has 0 bridgehead atoms. The van der Waals surface area contributed by atoms with Gasteiger partial charge in [-0.25, -0.2) is 0 Å². The molecule has 2 nitrogen and oxygen atoms in total. The van der Waals surface area contributed by atoms with E-state index in [1.54, 1.807) is 0 Å². The Kier molecular flexibility index (Phi) is 21.8. The molecule has 2 atom stereocenters. The van der Waals surface area contributed by atoms with Crippen LogP contribution in [0.1, 0.15) is 105 Å². The first-order valence-electron chi connectivity index (χ1n) is 10.4. The minimum atomic E-state index is 0.956. The first-order valence-corrected chi connectivity index (χ1v) is 10.4. The summed E-state index contributed by atoms with van der Waals surface area (Å²) in [4.78, 5) is 2.58. The predicted molar refractivity (Wildman–Crippen MR) is 106 cm³/mol. The van der Waals surface area contributed by atoms with Crippen LogP contribution in [0.25, 0.3) is 0 Å². The van der Waals surface area contributed by atoms with Crippen LogP contribution in [-0.4, -0.2) is 36.8 Å². The van der Waals surface area contributed by atoms with E-state index in [1.165, 1.54) is 83.6 Å². The molecule has 0 radical (unpaired) electrons. The van der Waals surface area contributed by atoms with Crippen molar-refractivity contribution in [3.8, 4) is 0 Å². The number of aliphatic hydroxyl groups excluding tert-OH is 1. The van der Waals surface area contributed by atoms with Crippen molar-refractivity contribution in [3.63, 3.8) is 0 Å². The highest BCUT2D eigenvalue weighted by Crippen LogP contribution is 2.33. The summed E-state index contributed by atoms with van der Waals surface area (Å²) >= 11 is 0. The standard InChI is InChI=1S/C10H19N.C8H18.C2H6.CH4O/c1-11-8-7-9-5-3-2-4-6-10(9)11;1-3-5-7-8-6-4-2;2*1-2/h9-10H,2-8H2,1H3;3-8H2,1-2H3;1-2H3;2H,1H3. The largest absolute Gasteiger partial charge is 0.400 e. The highest BCUT2D eigenvalue weighted by atomic mass is 16.2. The Labute approximate surface area is 148 Å². The molecule has 142 valence electrons. The number of nitrogens with zero attached hydrogens (tertiary/aromatic N) is 1. The predicted octanol–water partition coefficient (Wildman–Crippen LogP) is 6.27. The zero-order chi connectivity index (χ0) is 17.9. The van der Waals surface area contributed by atoms with E-state index in [2.05, 4.69) is 25.8 Å². The second-order valence-electron chi connectivity index (χ2n) is 6.65. The van der Waals surface area contributed by atoms with Gasteiger partial charge in [-0.3, -0.25) is 0 Å². The van der Waals surface area contributed by atoms with Crippen LogP contribution in [-0.2, 0) is 0 Å². The van der Waals surface area contributed by atoms with Crippen LogP contribution in [0, 0.1) is 5.92 Å². The third-order valence-corrected chi connectivity index (χ3v) is 4.99. The average Bonchev–Trinajstić information content (AvgIpc) is 2.82. The van der Waals surface area contributed by atoms with E-state index in [0.717, 1.165) is 19.1 Å². The van der Waals surface area contributed by atoms with Gasteiger partial charge in [-0.2, -0.15) is 0 Å². The normalized spacial score (nSPS) is 23.1. The van der Waals surface area contributed by atoms with Gasteiger partial charge in [0.15, 0.2) is 0 Å². The third kappa shape index (κ3) is 12.9. The minimum Gasteiger partial charge on any atom is -0.400 e. The quantitative estimate of drug-likeness (QED) is 0.601. The number of unbranched alkanes of at least 4 members (excludes halogenated alkanes) is 5. The van der Waals surface area contributed by atoms with Crippen LogP contribution in [0.5, 0.6) is 0 Å². The molecule has 1 heterocycles. The molecule has 0 aromatic heterocycles. The van der Waals surface area contributed by atoms with Gasteiger partial charge in [-0.1, -0.05) is 85.5 Å². The molecular formula is C21H47NO. The first kappa shape index (κ1) is 25.2. The lowest BCUT2D eigenvalue weighted by molar-refractivity contribution is 0.259. The van der Waals surface area contributed by atoms with Gasteiger partial charge in [0.05, 0.1) is 0 Å². The maximum atomic E-state index is 7.00. The number of aliphatic hydroxyl groups is 1. The van der Waals surface area contributed by atoms with E-state index in [0.29, 0.717) is 0 Å². The molecule has 0 aromatic carbocycles. The van der Waals surface area contributed by atoms with Gasteiger partial charge in [0.25, 0.3) is 0 Å². The highest BCUT2D eigenvalue weighted by molar-refractivity contribution is 4.86. The van der Waals surface area contributed by atoms with Crippen molar-refractivity contribution in [2.45, 2.75) is 111 Å². The molecule has 1 N–H and O–H groups in total. The van der Waals surface area contributed by atoms with Gasteiger partial charge in [0.2, 0.25) is 0 Å². The Morgan fingerprint density at radius 2 is 1.30 bits per heavy atom. The number of rotatable bonds is 5. The Hall–Kier alpha value is -0.0800. The van der Waals surface area contributed by atoms with Gasteiger partial charge in [-0.05, 0) is 38.8 Å². The Morgan fingerprint density at radius 3 is 1.83 bits per heavy atom. The molecular weight excluding hydrogens is 282 g/mol. The Morgan fingerprint density at radius 1 is 0.783 bits per heavy atom. The molecule has 23 heavy (non-hydrogen) atoms. The lowest BCUT2D eigenvalue weighted by atomic mass is 9.96. The molecule has 0 amide bonds. The van der Waals surface area contributed by atoms with Crippen molar-refractivity contribution in [2.24, 2.45) is 5.92 Å². The summed E-state index contributed by atoms with van der Waals surface area (Å²) in [5, 5.41) is 7.00. The maximum Gasteiger partial charge on any atom is 0.0319 e. The summed E-state index contributed by atoms with van der Waals surface area (Å²) in [5.41, 5.74) is 0. The van der Waals surface area contributed by atoms with Crippen molar-refractivity contribution >= 4 is 0 Å². The van der Waals surface area contributed by atoms with E-state index < -0.39 is 0 Å². The zero-order valence-electron chi connectivity index (χ0n) is 17.2. The van der Waals surface area contributed by atoms with Crippen LogP contribution in [0.3, 0.4) is 0 Å². The summed E-state index contributed by atoms with van der Waals surface area (Å²) < 4.78 is 0. The fourth-order valence-electron chi connectivity index (χ4n) is 3.67. The number of hydrogen-bond donors (Lipinski definition) is 1. The third-order valence-electron chi connectivity index (χ3n) is 4.99. The van der Waals surface area contributed by atoms with Crippen LogP contribution >= 0.6 is 0 Å². The van der Waals surface area contributed by atoms with Crippen molar-refractivity contribution in [1.82, 2.24) is 4.90 Å². The van der Waals surface area contributed by atoms with E-state index in [-0.39, 0.29) is 0 Å². The van der Waals surface area contributed by atoms with Gasteiger partial charge >= 0.3 is 0 Å². The highest BCUT2D eigenvalue weighted by Gasteiger charge is 2.31. The van der Waals surface area contributed by atoms with Crippen LogP contribution in [0.15, 0.2) is 0 Å². The van der Waals surface area contributed by atoms with E-state index in [1.807, 2.05) is 13.8 Å². The molecule has 1 saturated heterocycles. The first-order chi connectivity index (χ1) is 11.3. The maximum absolute atomic E-state index is 7.00. The fraction of sp³-hybridized carbons (Fsp3) is 1.00. The summed E-state index contributed by atoms with van der Waals surface area (Å²) in [6.07, 6.45) is 17.4. The molecule has 2 unspecified atom stereocenters. The lowest BCUT2D eigenvalue weighted by Crippen LogP contribution is -2.28. The summed E-state index contributed by atoms with van der Waals surface area (Å²) in [6, 6.07) is 0.956. The van der Waals surface area contributed by atoms with Crippen LogP contribution < -0.4 is 0 Å².